The average Bonchev–Trinajstić information content (AvgIpc) is 2.64. The molecule has 0 bridgehead atoms. The molecule has 0 radical (unpaired) electrons. The molecule has 26 heavy (non-hydrogen) atoms. The van der Waals surface area contributed by atoms with E-state index >= 15 is 0 Å². The molecule has 0 aliphatic carbocycles. The van der Waals surface area contributed by atoms with Gasteiger partial charge in [-0.25, -0.2) is 0 Å². The Morgan fingerprint density at radius 2 is 1.46 bits per heavy atom. The predicted molar refractivity (Wildman–Crippen MR) is 103 cm³/mol. The van der Waals surface area contributed by atoms with Crippen LogP contribution >= 0.6 is 0 Å². The minimum atomic E-state index is -0.102. The standard InChI is InChI=1S/C22H23NO3/c1-16(24)7-6-14-23-21(15-22(26)20-8-4-3-5-9-20)19-12-10-18(11-13-19)17(2)25/h3-5,8-13,15,23H,6-7,14H2,1-2H3/b21-15-. The summed E-state index contributed by atoms with van der Waals surface area (Å²) in [6.45, 7) is 3.67. The first-order chi connectivity index (χ1) is 12.5. The molecule has 0 unspecified atom stereocenters. The maximum Gasteiger partial charge on any atom is 0.187 e. The molecule has 4 nitrogen and oxygen atoms in total. The first kappa shape index (κ1) is 19.3. The second kappa shape index (κ2) is 9.47. The molecule has 0 fully saturated rings. The third kappa shape index (κ3) is 5.81. The Morgan fingerprint density at radius 3 is 2.04 bits per heavy atom. The average molecular weight is 349 g/mol. The van der Waals surface area contributed by atoms with E-state index in [4.69, 9.17) is 0 Å². The Labute approximate surface area is 153 Å². The third-order valence-corrected chi connectivity index (χ3v) is 3.96. The Hall–Kier alpha value is -3.01. The summed E-state index contributed by atoms with van der Waals surface area (Å²) >= 11 is 0. The molecule has 0 atom stereocenters. The van der Waals surface area contributed by atoms with E-state index in [9.17, 15) is 14.4 Å². The molecular weight excluding hydrogens is 326 g/mol. The summed E-state index contributed by atoms with van der Waals surface area (Å²) in [6, 6.07) is 16.2. The fourth-order valence-corrected chi connectivity index (χ4v) is 2.50. The van der Waals surface area contributed by atoms with Crippen molar-refractivity contribution in [1.82, 2.24) is 5.32 Å². The van der Waals surface area contributed by atoms with Crippen molar-refractivity contribution in [3.63, 3.8) is 0 Å². The highest BCUT2D eigenvalue weighted by atomic mass is 16.1. The van der Waals surface area contributed by atoms with E-state index in [2.05, 4.69) is 5.32 Å². The van der Waals surface area contributed by atoms with Gasteiger partial charge in [0.15, 0.2) is 11.6 Å². The van der Waals surface area contributed by atoms with Gasteiger partial charge in [0.2, 0.25) is 0 Å². The van der Waals surface area contributed by atoms with Gasteiger partial charge in [-0.3, -0.25) is 9.59 Å². The number of nitrogens with one attached hydrogen (secondary N) is 1. The normalized spacial score (nSPS) is 11.1. The van der Waals surface area contributed by atoms with Crippen molar-refractivity contribution in [2.45, 2.75) is 26.7 Å². The lowest BCUT2D eigenvalue weighted by Crippen LogP contribution is -2.16. The van der Waals surface area contributed by atoms with Gasteiger partial charge in [-0.15, -0.1) is 0 Å². The summed E-state index contributed by atoms with van der Waals surface area (Å²) in [5, 5.41) is 3.24. The first-order valence-electron chi connectivity index (χ1n) is 8.63. The number of allylic oxidation sites excluding steroid dienone is 1. The second-order valence-electron chi connectivity index (χ2n) is 6.15. The maximum atomic E-state index is 12.5. The van der Waals surface area contributed by atoms with Gasteiger partial charge >= 0.3 is 0 Å². The van der Waals surface area contributed by atoms with Gasteiger partial charge in [0.05, 0.1) is 0 Å². The summed E-state index contributed by atoms with van der Waals surface area (Å²) < 4.78 is 0. The molecular formula is C22H23NO3. The van der Waals surface area contributed by atoms with Crippen LogP contribution in [-0.4, -0.2) is 23.9 Å². The van der Waals surface area contributed by atoms with Crippen molar-refractivity contribution in [1.29, 1.82) is 0 Å². The number of hydrogen-bond acceptors (Lipinski definition) is 4. The highest BCUT2D eigenvalue weighted by molar-refractivity contribution is 6.08. The fraction of sp³-hybridized carbons (Fsp3) is 0.227. The van der Waals surface area contributed by atoms with Crippen LogP contribution in [0.25, 0.3) is 5.70 Å². The van der Waals surface area contributed by atoms with E-state index in [1.807, 2.05) is 30.3 Å². The number of hydrogen-bond donors (Lipinski definition) is 1. The summed E-state index contributed by atoms with van der Waals surface area (Å²) in [5.41, 5.74) is 2.73. The molecule has 0 amide bonds. The smallest absolute Gasteiger partial charge is 0.187 e. The van der Waals surface area contributed by atoms with Crippen LogP contribution in [0.1, 0.15) is 53.0 Å². The lowest BCUT2D eigenvalue weighted by molar-refractivity contribution is -0.117. The summed E-state index contributed by atoms with van der Waals surface area (Å²) in [5.74, 6) is 0.0377. The van der Waals surface area contributed by atoms with Crippen LogP contribution in [0.3, 0.4) is 0 Å². The monoisotopic (exact) mass is 349 g/mol. The molecule has 2 aromatic rings. The lowest BCUT2D eigenvalue weighted by Gasteiger charge is -2.12. The largest absolute Gasteiger partial charge is 0.384 e. The summed E-state index contributed by atoms with van der Waals surface area (Å²) in [7, 11) is 0. The van der Waals surface area contributed by atoms with Crippen LogP contribution in [0.15, 0.2) is 60.7 Å². The van der Waals surface area contributed by atoms with Gasteiger partial charge in [-0.2, -0.15) is 0 Å². The van der Waals surface area contributed by atoms with Crippen LogP contribution in [0.4, 0.5) is 0 Å². The zero-order valence-electron chi connectivity index (χ0n) is 15.1. The Kier molecular flexibility index (Phi) is 7.03. The summed E-state index contributed by atoms with van der Waals surface area (Å²) in [6.07, 6.45) is 2.75. The van der Waals surface area contributed by atoms with Crippen molar-refractivity contribution < 1.29 is 14.4 Å². The number of rotatable bonds is 9. The van der Waals surface area contributed by atoms with Crippen molar-refractivity contribution in [3.05, 3.63) is 77.4 Å². The number of carbonyl (C=O) groups is 3. The van der Waals surface area contributed by atoms with Crippen LogP contribution in [-0.2, 0) is 4.79 Å². The zero-order valence-corrected chi connectivity index (χ0v) is 15.1. The number of benzene rings is 2. The molecule has 134 valence electrons. The van der Waals surface area contributed by atoms with Gasteiger partial charge < -0.3 is 10.1 Å². The van der Waals surface area contributed by atoms with E-state index < -0.39 is 0 Å². The fourth-order valence-electron chi connectivity index (χ4n) is 2.50. The molecule has 0 aliphatic rings. The number of ketones is 3. The molecule has 2 aromatic carbocycles. The number of Topliss-reactive ketones (excluding diaryl/α,β-unsaturated/α-hetero) is 2. The molecule has 0 spiro atoms. The van der Waals surface area contributed by atoms with Crippen molar-refractivity contribution in [3.8, 4) is 0 Å². The Morgan fingerprint density at radius 1 is 0.846 bits per heavy atom. The lowest BCUT2D eigenvalue weighted by atomic mass is 10.0. The molecule has 0 aliphatic heterocycles. The second-order valence-corrected chi connectivity index (χ2v) is 6.15. The van der Waals surface area contributed by atoms with Gasteiger partial charge in [-0.1, -0.05) is 54.6 Å². The highest BCUT2D eigenvalue weighted by Gasteiger charge is 2.08. The molecule has 1 N–H and O–H groups in total. The van der Waals surface area contributed by atoms with Crippen molar-refractivity contribution in [2.24, 2.45) is 0 Å². The molecule has 0 saturated carbocycles. The molecule has 0 saturated heterocycles. The Balaban J connectivity index is 2.23. The van der Waals surface area contributed by atoms with Crippen molar-refractivity contribution in [2.75, 3.05) is 6.54 Å². The highest BCUT2D eigenvalue weighted by Crippen LogP contribution is 2.15. The van der Waals surface area contributed by atoms with Crippen molar-refractivity contribution >= 4 is 23.0 Å². The van der Waals surface area contributed by atoms with Gasteiger partial charge in [0.1, 0.15) is 5.78 Å². The maximum absolute atomic E-state index is 12.5. The first-order valence-corrected chi connectivity index (χ1v) is 8.63. The van der Waals surface area contributed by atoms with E-state index in [-0.39, 0.29) is 17.3 Å². The molecule has 2 rings (SSSR count). The summed E-state index contributed by atoms with van der Waals surface area (Å²) in [4.78, 5) is 35.1. The quantitative estimate of drug-likeness (QED) is 0.421. The minimum Gasteiger partial charge on any atom is -0.384 e. The van der Waals surface area contributed by atoms with Gasteiger partial charge in [-0.05, 0) is 25.8 Å². The van der Waals surface area contributed by atoms with E-state index in [0.717, 1.165) is 5.56 Å². The van der Waals surface area contributed by atoms with E-state index in [0.29, 0.717) is 36.2 Å². The van der Waals surface area contributed by atoms with Gasteiger partial charge in [0, 0.05) is 35.9 Å². The van der Waals surface area contributed by atoms with E-state index in [1.54, 1.807) is 37.3 Å². The Bertz CT molecular complexity index is 805. The number of carbonyl (C=O) groups excluding carboxylic acids is 3. The minimum absolute atomic E-state index is 0.00291. The van der Waals surface area contributed by atoms with E-state index in [1.165, 1.54) is 6.92 Å². The topological polar surface area (TPSA) is 63.2 Å². The predicted octanol–water partition coefficient (Wildman–Crippen LogP) is 4.07. The van der Waals surface area contributed by atoms with Gasteiger partial charge in [0.25, 0.3) is 0 Å². The zero-order chi connectivity index (χ0) is 18.9. The SMILES string of the molecule is CC(=O)CCCN/C(=C\C(=O)c1ccccc1)c1ccc(C(C)=O)cc1. The van der Waals surface area contributed by atoms with Crippen LogP contribution in [0.5, 0.6) is 0 Å². The van der Waals surface area contributed by atoms with Crippen LogP contribution in [0.2, 0.25) is 0 Å². The van der Waals surface area contributed by atoms with Crippen LogP contribution in [0, 0.1) is 0 Å². The molecule has 0 aromatic heterocycles. The van der Waals surface area contributed by atoms with Crippen LogP contribution < -0.4 is 5.32 Å². The third-order valence-electron chi connectivity index (χ3n) is 3.96. The molecule has 4 heteroatoms. The molecule has 0 heterocycles.